The lowest BCUT2D eigenvalue weighted by atomic mass is 10.0. The smallest absolute Gasteiger partial charge is 0.335 e. The molecular weight excluding hydrogens is 444 g/mol. The van der Waals surface area contributed by atoms with Gasteiger partial charge in [0.1, 0.15) is 0 Å². The van der Waals surface area contributed by atoms with Gasteiger partial charge in [0.2, 0.25) is 5.91 Å². The van der Waals surface area contributed by atoms with Gasteiger partial charge in [0.25, 0.3) is 0 Å². The fraction of sp³-hybridized carbons (Fsp3) is 0.0357. The highest BCUT2D eigenvalue weighted by atomic mass is 16.4. The number of carbonyl (C=O) groups is 3. The molecule has 0 aliphatic carbocycles. The van der Waals surface area contributed by atoms with Crippen LogP contribution in [0, 0.1) is 0 Å². The molecule has 0 bridgehead atoms. The summed E-state index contributed by atoms with van der Waals surface area (Å²) in [6, 6.07) is 28.2. The minimum absolute atomic E-state index is 0.127. The summed E-state index contributed by atoms with van der Waals surface area (Å²) in [7, 11) is 0. The number of amides is 1. The number of nitrogen functional groups attached to an aromatic ring is 1. The summed E-state index contributed by atoms with van der Waals surface area (Å²) in [4.78, 5) is 32.5. The molecule has 0 spiro atoms. The van der Waals surface area contributed by atoms with Gasteiger partial charge in [-0.25, -0.2) is 9.59 Å². The van der Waals surface area contributed by atoms with E-state index in [0.717, 1.165) is 22.3 Å². The van der Waals surface area contributed by atoms with Crippen LogP contribution >= 0.6 is 0 Å². The topological polar surface area (TPSA) is 130 Å². The minimum Gasteiger partial charge on any atom is -0.478 e. The third-order valence-electron chi connectivity index (χ3n) is 5.00. The number of anilines is 2. The first-order chi connectivity index (χ1) is 16.7. The highest BCUT2D eigenvalue weighted by Gasteiger charge is 2.05. The van der Waals surface area contributed by atoms with Crippen molar-refractivity contribution in [3.05, 3.63) is 108 Å². The van der Waals surface area contributed by atoms with E-state index in [-0.39, 0.29) is 17.0 Å². The molecule has 0 radical (unpaired) electrons. The maximum absolute atomic E-state index is 11.0. The Morgan fingerprint density at radius 2 is 1.09 bits per heavy atom. The van der Waals surface area contributed by atoms with E-state index in [1.165, 1.54) is 6.92 Å². The van der Waals surface area contributed by atoms with Crippen molar-refractivity contribution >= 4 is 29.2 Å². The van der Waals surface area contributed by atoms with Crippen molar-refractivity contribution in [3.63, 3.8) is 0 Å². The van der Waals surface area contributed by atoms with E-state index in [1.54, 1.807) is 54.6 Å². The van der Waals surface area contributed by atoms with Crippen LogP contribution in [0.1, 0.15) is 27.6 Å². The third-order valence-corrected chi connectivity index (χ3v) is 5.00. The molecule has 0 aromatic heterocycles. The van der Waals surface area contributed by atoms with Gasteiger partial charge in [0.15, 0.2) is 0 Å². The highest BCUT2D eigenvalue weighted by molar-refractivity contribution is 5.90. The summed E-state index contributed by atoms with van der Waals surface area (Å²) in [6.45, 7) is 1.45. The van der Waals surface area contributed by atoms with E-state index < -0.39 is 11.9 Å². The molecule has 35 heavy (non-hydrogen) atoms. The molecule has 5 N–H and O–H groups in total. The van der Waals surface area contributed by atoms with Crippen LogP contribution in [-0.2, 0) is 4.79 Å². The van der Waals surface area contributed by atoms with Crippen LogP contribution in [0.5, 0.6) is 0 Å². The first kappa shape index (κ1) is 24.7. The van der Waals surface area contributed by atoms with Gasteiger partial charge in [-0.3, -0.25) is 4.79 Å². The van der Waals surface area contributed by atoms with Crippen molar-refractivity contribution in [2.24, 2.45) is 0 Å². The second kappa shape index (κ2) is 11.3. The molecule has 0 aliphatic rings. The molecular formula is C28H24N2O5. The van der Waals surface area contributed by atoms with Crippen molar-refractivity contribution in [1.29, 1.82) is 0 Å². The lowest BCUT2D eigenvalue weighted by molar-refractivity contribution is -0.114. The fourth-order valence-corrected chi connectivity index (χ4v) is 3.31. The quantitative estimate of drug-likeness (QED) is 0.280. The summed E-state index contributed by atoms with van der Waals surface area (Å²) in [5.41, 5.74) is 11.4. The number of hydrogen-bond acceptors (Lipinski definition) is 4. The third kappa shape index (κ3) is 7.03. The summed E-state index contributed by atoms with van der Waals surface area (Å²) < 4.78 is 0. The SMILES string of the molecule is CC(=O)Nc1cccc(-c2ccc(C(=O)O)cc2)c1.Nc1cccc(-c2ccc(C(=O)O)cc2)c1. The van der Waals surface area contributed by atoms with E-state index in [2.05, 4.69) is 5.32 Å². The van der Waals surface area contributed by atoms with E-state index >= 15 is 0 Å². The molecule has 0 fully saturated rings. The maximum Gasteiger partial charge on any atom is 0.335 e. The minimum atomic E-state index is -0.946. The molecule has 4 aromatic carbocycles. The fourth-order valence-electron chi connectivity index (χ4n) is 3.31. The van der Waals surface area contributed by atoms with Crippen LogP contribution in [0.15, 0.2) is 97.1 Å². The summed E-state index contributed by atoms with van der Waals surface area (Å²) >= 11 is 0. The van der Waals surface area contributed by atoms with Gasteiger partial charge in [0.05, 0.1) is 11.1 Å². The molecule has 4 rings (SSSR count). The predicted octanol–water partition coefficient (Wildman–Crippen LogP) is 5.64. The molecule has 7 heteroatoms. The van der Waals surface area contributed by atoms with Gasteiger partial charge >= 0.3 is 11.9 Å². The average molecular weight is 469 g/mol. The Bertz CT molecular complexity index is 1350. The number of nitrogens with two attached hydrogens (primary N) is 1. The summed E-state index contributed by atoms with van der Waals surface area (Å²) in [6.07, 6.45) is 0. The van der Waals surface area contributed by atoms with Crippen molar-refractivity contribution in [1.82, 2.24) is 0 Å². The first-order valence-corrected chi connectivity index (χ1v) is 10.6. The van der Waals surface area contributed by atoms with Crippen molar-refractivity contribution in [3.8, 4) is 22.3 Å². The molecule has 0 atom stereocenters. The summed E-state index contributed by atoms with van der Waals surface area (Å²) in [5, 5.41) is 20.3. The maximum atomic E-state index is 11.0. The van der Waals surface area contributed by atoms with Crippen LogP contribution in [0.25, 0.3) is 22.3 Å². The van der Waals surface area contributed by atoms with Crippen molar-refractivity contribution in [2.75, 3.05) is 11.1 Å². The first-order valence-electron chi connectivity index (χ1n) is 10.6. The molecule has 0 saturated carbocycles. The zero-order chi connectivity index (χ0) is 25.4. The van der Waals surface area contributed by atoms with Crippen molar-refractivity contribution < 1.29 is 24.6 Å². The predicted molar refractivity (Wildman–Crippen MR) is 136 cm³/mol. The Morgan fingerprint density at radius 3 is 1.51 bits per heavy atom. The second-order valence-electron chi connectivity index (χ2n) is 7.65. The molecule has 0 aliphatic heterocycles. The number of nitrogens with one attached hydrogen (secondary N) is 1. The monoisotopic (exact) mass is 468 g/mol. The number of hydrogen-bond donors (Lipinski definition) is 4. The van der Waals surface area contributed by atoms with E-state index in [9.17, 15) is 14.4 Å². The molecule has 0 saturated heterocycles. The number of aromatic carboxylic acids is 2. The Morgan fingerprint density at radius 1 is 0.629 bits per heavy atom. The Hall–Kier alpha value is -4.91. The molecule has 176 valence electrons. The number of carbonyl (C=O) groups excluding carboxylic acids is 1. The van der Waals surface area contributed by atoms with Gasteiger partial charge < -0.3 is 21.3 Å². The largest absolute Gasteiger partial charge is 0.478 e. The zero-order valence-electron chi connectivity index (χ0n) is 18.9. The highest BCUT2D eigenvalue weighted by Crippen LogP contribution is 2.23. The standard InChI is InChI=1S/C15H13NO3.C13H11NO2/c1-10(17)16-14-4-2-3-13(9-14)11-5-7-12(8-6-11)15(18)19;14-12-3-1-2-11(8-12)9-4-6-10(7-5-9)13(15)16/h2-9H,1H3,(H,16,17)(H,18,19);1-8H,14H2,(H,15,16). The molecule has 1 amide bonds. The van der Waals surface area contributed by atoms with E-state index in [1.807, 2.05) is 42.5 Å². The van der Waals surface area contributed by atoms with E-state index in [4.69, 9.17) is 15.9 Å². The number of carboxylic acid groups (broad SMARTS) is 2. The molecule has 0 unspecified atom stereocenters. The lowest BCUT2D eigenvalue weighted by Crippen LogP contribution is -2.05. The molecule has 7 nitrogen and oxygen atoms in total. The Kier molecular flexibility index (Phi) is 7.98. The molecule has 4 aromatic rings. The van der Waals surface area contributed by atoms with Gasteiger partial charge in [-0.05, 0) is 70.8 Å². The molecule has 0 heterocycles. The lowest BCUT2D eigenvalue weighted by Gasteiger charge is -2.06. The van der Waals surface area contributed by atoms with Gasteiger partial charge in [-0.2, -0.15) is 0 Å². The van der Waals surface area contributed by atoms with Crippen LogP contribution in [0.2, 0.25) is 0 Å². The van der Waals surface area contributed by atoms with Crippen LogP contribution in [0.4, 0.5) is 11.4 Å². The second-order valence-corrected chi connectivity index (χ2v) is 7.65. The van der Waals surface area contributed by atoms with Gasteiger partial charge in [-0.15, -0.1) is 0 Å². The number of rotatable bonds is 5. The average Bonchev–Trinajstić information content (AvgIpc) is 2.84. The number of carboxylic acids is 2. The zero-order valence-corrected chi connectivity index (χ0v) is 18.9. The van der Waals surface area contributed by atoms with Crippen LogP contribution in [0.3, 0.4) is 0 Å². The van der Waals surface area contributed by atoms with E-state index in [0.29, 0.717) is 11.4 Å². The normalized spacial score (nSPS) is 9.97. The van der Waals surface area contributed by atoms with Gasteiger partial charge in [-0.1, -0.05) is 48.5 Å². The van der Waals surface area contributed by atoms with Crippen LogP contribution < -0.4 is 11.1 Å². The summed E-state index contributed by atoms with van der Waals surface area (Å²) in [5.74, 6) is -1.99. The van der Waals surface area contributed by atoms with Crippen molar-refractivity contribution in [2.45, 2.75) is 6.92 Å². The van der Waals surface area contributed by atoms with Gasteiger partial charge in [0, 0.05) is 18.3 Å². The Labute approximate surface area is 202 Å². The number of benzene rings is 4. The Balaban J connectivity index is 0.000000198. The van der Waals surface area contributed by atoms with Crippen LogP contribution in [-0.4, -0.2) is 28.1 Å².